The van der Waals surface area contributed by atoms with Gasteiger partial charge in [0, 0.05) is 11.3 Å². The molecule has 1 amide bonds. The summed E-state index contributed by atoms with van der Waals surface area (Å²) in [6.07, 6.45) is -0.670. The summed E-state index contributed by atoms with van der Waals surface area (Å²) >= 11 is 6.01. The second kappa shape index (κ2) is 4.55. The van der Waals surface area contributed by atoms with Crippen LogP contribution in [0.5, 0.6) is 0 Å². The highest BCUT2D eigenvalue weighted by atomic mass is 35.5. The molecule has 1 aliphatic heterocycles. The lowest BCUT2D eigenvalue weighted by molar-refractivity contribution is 0.0935. The number of nitrogens with one attached hydrogen (secondary N) is 2. The second-order valence-electron chi connectivity index (χ2n) is 4.23. The summed E-state index contributed by atoms with van der Waals surface area (Å²) in [5, 5.41) is 6.04. The molecule has 3 rings (SSSR count). The predicted octanol–water partition coefficient (Wildman–Crippen LogP) is 3.33. The number of hydrogen-bond donors (Lipinski definition) is 2. The van der Waals surface area contributed by atoms with E-state index in [0.29, 0.717) is 11.3 Å². The van der Waals surface area contributed by atoms with E-state index < -0.39 is 12.0 Å². The molecule has 2 N–H and O–H groups in total. The fraction of sp³-hybridized carbons (Fsp3) is 0.0714. The average Bonchev–Trinajstić information content (AvgIpc) is 2.38. The zero-order chi connectivity index (χ0) is 13.4. The van der Waals surface area contributed by atoms with Crippen molar-refractivity contribution in [3.63, 3.8) is 0 Å². The predicted molar refractivity (Wildman–Crippen MR) is 71.7 cm³/mol. The van der Waals surface area contributed by atoms with Crippen molar-refractivity contribution in [3.05, 3.63) is 64.4 Å². The topological polar surface area (TPSA) is 41.1 Å². The van der Waals surface area contributed by atoms with Gasteiger partial charge in [-0.25, -0.2) is 4.39 Å². The summed E-state index contributed by atoms with van der Waals surface area (Å²) in [4.78, 5) is 12.0. The Morgan fingerprint density at radius 3 is 2.63 bits per heavy atom. The Bertz CT molecular complexity index is 639. The van der Waals surface area contributed by atoms with Crippen molar-refractivity contribution in [3.8, 4) is 0 Å². The maximum absolute atomic E-state index is 13.9. The van der Waals surface area contributed by atoms with Crippen molar-refractivity contribution in [2.45, 2.75) is 6.17 Å². The van der Waals surface area contributed by atoms with Crippen molar-refractivity contribution < 1.29 is 9.18 Å². The maximum Gasteiger partial charge on any atom is 0.255 e. The molecule has 1 atom stereocenters. The van der Waals surface area contributed by atoms with E-state index in [9.17, 15) is 9.18 Å². The minimum absolute atomic E-state index is 0.243. The third kappa shape index (κ3) is 2.04. The fourth-order valence-electron chi connectivity index (χ4n) is 2.14. The fourth-order valence-corrected chi connectivity index (χ4v) is 2.41. The molecule has 0 bridgehead atoms. The largest absolute Gasteiger partial charge is 0.361 e. The summed E-state index contributed by atoms with van der Waals surface area (Å²) in [6.45, 7) is 0. The summed E-state index contributed by atoms with van der Waals surface area (Å²) in [5.41, 5.74) is 1.44. The van der Waals surface area contributed by atoms with Crippen molar-refractivity contribution in [2.75, 3.05) is 5.32 Å². The molecule has 3 nitrogen and oxygen atoms in total. The number of carbonyl (C=O) groups is 1. The molecule has 5 heteroatoms. The molecule has 2 aromatic carbocycles. The van der Waals surface area contributed by atoms with Crippen LogP contribution in [0, 0.1) is 5.82 Å². The van der Waals surface area contributed by atoms with Gasteiger partial charge in [0.25, 0.3) is 5.91 Å². The molecule has 0 radical (unpaired) electrons. The summed E-state index contributed by atoms with van der Waals surface area (Å²) in [6, 6.07) is 11.5. The van der Waals surface area contributed by atoms with E-state index in [0.717, 1.165) is 0 Å². The first-order valence-electron chi connectivity index (χ1n) is 5.77. The number of anilines is 1. The van der Waals surface area contributed by atoms with Gasteiger partial charge in [0.05, 0.1) is 10.6 Å². The van der Waals surface area contributed by atoms with Crippen LogP contribution in [0.4, 0.5) is 10.1 Å². The van der Waals surface area contributed by atoms with Gasteiger partial charge < -0.3 is 10.6 Å². The van der Waals surface area contributed by atoms with Crippen LogP contribution < -0.4 is 10.6 Å². The van der Waals surface area contributed by atoms with Crippen molar-refractivity contribution in [1.82, 2.24) is 5.32 Å². The van der Waals surface area contributed by atoms with Gasteiger partial charge in [-0.1, -0.05) is 29.8 Å². The number of rotatable bonds is 1. The molecule has 19 heavy (non-hydrogen) atoms. The molecule has 0 aromatic heterocycles. The summed E-state index contributed by atoms with van der Waals surface area (Å²) < 4.78 is 13.9. The number of benzene rings is 2. The lowest BCUT2D eigenvalue weighted by Gasteiger charge is -2.28. The Labute approximate surface area is 114 Å². The van der Waals surface area contributed by atoms with Crippen LogP contribution in [0.3, 0.4) is 0 Å². The van der Waals surface area contributed by atoms with E-state index >= 15 is 0 Å². The van der Waals surface area contributed by atoms with E-state index in [4.69, 9.17) is 11.6 Å². The van der Waals surface area contributed by atoms with Crippen molar-refractivity contribution in [1.29, 1.82) is 0 Å². The van der Waals surface area contributed by atoms with Gasteiger partial charge in [0.15, 0.2) is 0 Å². The molecule has 0 aliphatic carbocycles. The lowest BCUT2D eigenvalue weighted by atomic mass is 10.1. The smallest absolute Gasteiger partial charge is 0.255 e. The lowest BCUT2D eigenvalue weighted by Crippen LogP contribution is -2.39. The zero-order valence-electron chi connectivity index (χ0n) is 9.78. The van der Waals surface area contributed by atoms with Gasteiger partial charge in [0.1, 0.15) is 12.0 Å². The Morgan fingerprint density at radius 1 is 1.05 bits per heavy atom. The van der Waals surface area contributed by atoms with Crippen molar-refractivity contribution >= 4 is 23.2 Å². The molecule has 0 unspecified atom stereocenters. The monoisotopic (exact) mass is 276 g/mol. The Balaban J connectivity index is 2.04. The van der Waals surface area contributed by atoms with Crippen LogP contribution in [-0.2, 0) is 0 Å². The Kier molecular flexibility index (Phi) is 2.87. The van der Waals surface area contributed by atoms with Gasteiger partial charge in [-0.2, -0.15) is 0 Å². The van der Waals surface area contributed by atoms with Crippen LogP contribution in [0.1, 0.15) is 22.1 Å². The quantitative estimate of drug-likeness (QED) is 0.839. The highest BCUT2D eigenvalue weighted by molar-refractivity contribution is 6.31. The molecule has 96 valence electrons. The van der Waals surface area contributed by atoms with Crippen LogP contribution in [-0.4, -0.2) is 5.91 Å². The average molecular weight is 277 g/mol. The van der Waals surface area contributed by atoms with Gasteiger partial charge >= 0.3 is 0 Å². The molecular weight excluding hydrogens is 267 g/mol. The zero-order valence-corrected chi connectivity index (χ0v) is 10.5. The molecule has 1 heterocycles. The Hall–Kier alpha value is -2.07. The first kappa shape index (κ1) is 12.0. The van der Waals surface area contributed by atoms with E-state index in [1.54, 1.807) is 24.3 Å². The van der Waals surface area contributed by atoms with Gasteiger partial charge in [-0.15, -0.1) is 0 Å². The van der Waals surface area contributed by atoms with Gasteiger partial charge in [0.2, 0.25) is 0 Å². The third-order valence-electron chi connectivity index (χ3n) is 3.04. The van der Waals surface area contributed by atoms with Crippen LogP contribution >= 0.6 is 11.6 Å². The van der Waals surface area contributed by atoms with E-state index in [1.807, 2.05) is 6.07 Å². The number of amides is 1. The highest BCUT2D eigenvalue weighted by Crippen LogP contribution is 2.31. The minimum Gasteiger partial charge on any atom is -0.361 e. The van der Waals surface area contributed by atoms with Crippen LogP contribution in [0.25, 0.3) is 0 Å². The normalized spacial score (nSPS) is 17.4. The molecule has 0 fully saturated rings. The second-order valence-corrected chi connectivity index (χ2v) is 4.64. The SMILES string of the molecule is O=C1N[C@H](c2c(F)cccc2Cl)Nc2ccccc21. The van der Waals surface area contributed by atoms with E-state index in [-0.39, 0.29) is 16.5 Å². The molecule has 0 spiro atoms. The number of para-hydroxylation sites is 1. The standard InChI is InChI=1S/C14H10ClFN2O/c15-9-5-3-6-10(16)12(9)13-17-11-7-2-1-4-8(11)14(19)18-13/h1-7,13,17H,(H,18,19)/t13-/m1/s1. The number of fused-ring (bicyclic) bond motifs is 1. The molecule has 0 saturated carbocycles. The van der Waals surface area contributed by atoms with Crippen LogP contribution in [0.2, 0.25) is 5.02 Å². The number of carbonyl (C=O) groups excluding carboxylic acids is 1. The minimum atomic E-state index is -0.670. The highest BCUT2D eigenvalue weighted by Gasteiger charge is 2.27. The third-order valence-corrected chi connectivity index (χ3v) is 3.36. The number of hydrogen-bond acceptors (Lipinski definition) is 2. The first-order chi connectivity index (χ1) is 9.16. The molecular formula is C14H10ClFN2O. The first-order valence-corrected chi connectivity index (χ1v) is 6.15. The molecule has 2 aromatic rings. The summed E-state index contributed by atoms with van der Waals surface area (Å²) in [5.74, 6) is -0.705. The van der Waals surface area contributed by atoms with Gasteiger partial charge in [-0.05, 0) is 24.3 Å². The Morgan fingerprint density at radius 2 is 1.84 bits per heavy atom. The number of halogens is 2. The van der Waals surface area contributed by atoms with E-state index in [2.05, 4.69) is 10.6 Å². The van der Waals surface area contributed by atoms with Gasteiger partial charge in [-0.3, -0.25) is 4.79 Å². The maximum atomic E-state index is 13.9. The summed E-state index contributed by atoms with van der Waals surface area (Å²) in [7, 11) is 0. The van der Waals surface area contributed by atoms with Crippen molar-refractivity contribution in [2.24, 2.45) is 0 Å². The van der Waals surface area contributed by atoms with Crippen LogP contribution in [0.15, 0.2) is 42.5 Å². The molecule has 0 saturated heterocycles. The molecule has 1 aliphatic rings. The van der Waals surface area contributed by atoms with E-state index in [1.165, 1.54) is 12.1 Å².